The predicted molar refractivity (Wildman–Crippen MR) is 133 cm³/mol. The van der Waals surface area contributed by atoms with Crippen LogP contribution >= 0.6 is 0 Å². The first kappa shape index (κ1) is 24.1. The van der Waals surface area contributed by atoms with E-state index in [2.05, 4.69) is 10.2 Å². The Labute approximate surface area is 207 Å². The largest absolute Gasteiger partial charge is 0.371 e. The van der Waals surface area contributed by atoms with Crippen LogP contribution in [-0.4, -0.2) is 85.5 Å². The van der Waals surface area contributed by atoms with E-state index >= 15 is 0 Å². The quantitative estimate of drug-likeness (QED) is 0.697. The summed E-state index contributed by atoms with van der Waals surface area (Å²) >= 11 is 0. The van der Waals surface area contributed by atoms with E-state index in [0.29, 0.717) is 32.8 Å². The number of rotatable bonds is 5. The molecule has 3 aliphatic heterocycles. The van der Waals surface area contributed by atoms with Crippen molar-refractivity contribution in [2.45, 2.75) is 63.5 Å². The van der Waals surface area contributed by atoms with Crippen LogP contribution in [0.25, 0.3) is 0 Å². The molecule has 1 aromatic rings. The molecular weight excluding hydrogens is 444 g/mol. The van der Waals surface area contributed by atoms with Crippen LogP contribution in [0.3, 0.4) is 0 Å². The number of nitrogens with zero attached hydrogens (tertiary/aromatic N) is 3. The molecule has 1 saturated carbocycles. The Morgan fingerprint density at radius 2 is 1.49 bits per heavy atom. The topological polar surface area (TPSA) is 82.2 Å². The van der Waals surface area contributed by atoms with E-state index in [4.69, 9.17) is 4.74 Å². The van der Waals surface area contributed by atoms with Crippen molar-refractivity contribution in [2.24, 2.45) is 5.92 Å². The first-order valence-electron chi connectivity index (χ1n) is 13.4. The van der Waals surface area contributed by atoms with Crippen LogP contribution in [-0.2, 0) is 14.3 Å². The van der Waals surface area contributed by atoms with E-state index < -0.39 is 0 Å². The molecule has 4 fully saturated rings. The van der Waals surface area contributed by atoms with Gasteiger partial charge in [0.05, 0.1) is 5.56 Å². The Hall–Kier alpha value is -2.61. The zero-order valence-corrected chi connectivity index (χ0v) is 20.6. The molecule has 4 aliphatic rings. The number of amides is 3. The first-order valence-corrected chi connectivity index (χ1v) is 13.4. The zero-order chi connectivity index (χ0) is 24.2. The molecule has 1 atom stereocenters. The van der Waals surface area contributed by atoms with Gasteiger partial charge in [0.1, 0.15) is 6.10 Å². The third-order valence-electron chi connectivity index (χ3n) is 8.13. The molecule has 1 aromatic carbocycles. The molecule has 3 heterocycles. The van der Waals surface area contributed by atoms with Crippen molar-refractivity contribution >= 4 is 23.4 Å². The number of hydrogen-bond acceptors (Lipinski definition) is 5. The van der Waals surface area contributed by atoms with Gasteiger partial charge in [0.2, 0.25) is 5.91 Å². The lowest BCUT2D eigenvalue weighted by Crippen LogP contribution is -2.53. The van der Waals surface area contributed by atoms with Crippen LogP contribution in [0.15, 0.2) is 24.3 Å². The minimum absolute atomic E-state index is 0.0291. The maximum Gasteiger partial charge on any atom is 0.256 e. The number of hydrogen-bond donors (Lipinski definition) is 1. The number of ether oxygens (including phenoxy) is 1. The SMILES string of the molecule is O=C(NC1CCN(c2ccccc2C(=O)N2CCN(C(=O)[C@H]3CCCO3)CC2)CC1)C1CCCC1. The fourth-order valence-electron chi connectivity index (χ4n) is 5.98. The molecule has 5 rings (SSSR count). The molecule has 0 spiro atoms. The summed E-state index contributed by atoms with van der Waals surface area (Å²) in [5.74, 6) is 0.529. The lowest BCUT2D eigenvalue weighted by atomic mass is 10.0. The number of benzene rings is 1. The number of carbonyl (C=O) groups excluding carboxylic acids is 3. The van der Waals surface area contributed by atoms with E-state index in [1.807, 2.05) is 34.1 Å². The maximum atomic E-state index is 13.5. The maximum absolute atomic E-state index is 13.5. The van der Waals surface area contributed by atoms with Crippen molar-refractivity contribution in [3.8, 4) is 0 Å². The highest BCUT2D eigenvalue weighted by molar-refractivity contribution is 6.00. The Balaban J connectivity index is 1.15. The summed E-state index contributed by atoms with van der Waals surface area (Å²) in [4.78, 5) is 44.6. The molecule has 0 bridgehead atoms. The van der Waals surface area contributed by atoms with Gasteiger partial charge in [-0.15, -0.1) is 0 Å². The fraction of sp³-hybridized carbons (Fsp3) is 0.667. The van der Waals surface area contributed by atoms with Gasteiger partial charge in [0.25, 0.3) is 11.8 Å². The first-order chi connectivity index (χ1) is 17.1. The Bertz CT molecular complexity index is 910. The molecule has 8 heteroatoms. The average Bonchev–Trinajstić information content (AvgIpc) is 3.64. The van der Waals surface area contributed by atoms with E-state index in [0.717, 1.165) is 62.9 Å². The Morgan fingerprint density at radius 3 is 2.17 bits per heavy atom. The summed E-state index contributed by atoms with van der Waals surface area (Å²) in [7, 11) is 0. The second kappa shape index (κ2) is 11.0. The number of para-hydroxylation sites is 1. The molecule has 0 radical (unpaired) electrons. The molecule has 1 aliphatic carbocycles. The number of carbonyl (C=O) groups is 3. The fourth-order valence-corrected chi connectivity index (χ4v) is 5.98. The van der Waals surface area contributed by atoms with Crippen molar-refractivity contribution in [2.75, 3.05) is 50.8 Å². The number of piperazine rings is 1. The van der Waals surface area contributed by atoms with E-state index in [-0.39, 0.29) is 35.8 Å². The monoisotopic (exact) mass is 482 g/mol. The van der Waals surface area contributed by atoms with Gasteiger partial charge in [-0.1, -0.05) is 25.0 Å². The lowest BCUT2D eigenvalue weighted by molar-refractivity contribution is -0.142. The summed E-state index contributed by atoms with van der Waals surface area (Å²) < 4.78 is 5.55. The molecule has 0 unspecified atom stereocenters. The molecule has 0 aromatic heterocycles. The summed E-state index contributed by atoms with van der Waals surface area (Å²) in [5.41, 5.74) is 1.69. The number of anilines is 1. The van der Waals surface area contributed by atoms with Gasteiger partial charge >= 0.3 is 0 Å². The zero-order valence-electron chi connectivity index (χ0n) is 20.6. The summed E-state index contributed by atoms with van der Waals surface area (Å²) in [5, 5.41) is 3.27. The second-order valence-electron chi connectivity index (χ2n) is 10.4. The third kappa shape index (κ3) is 5.47. The highest BCUT2D eigenvalue weighted by atomic mass is 16.5. The Kier molecular flexibility index (Phi) is 7.56. The van der Waals surface area contributed by atoms with Gasteiger partial charge in [0.15, 0.2) is 0 Å². The summed E-state index contributed by atoms with van der Waals surface area (Å²) in [6, 6.07) is 8.06. The Morgan fingerprint density at radius 1 is 0.800 bits per heavy atom. The van der Waals surface area contributed by atoms with Crippen molar-refractivity contribution in [1.29, 1.82) is 0 Å². The summed E-state index contributed by atoms with van der Waals surface area (Å²) in [6.45, 7) is 4.50. The molecule has 190 valence electrons. The lowest BCUT2D eigenvalue weighted by Gasteiger charge is -2.38. The number of nitrogens with one attached hydrogen (secondary N) is 1. The minimum Gasteiger partial charge on any atom is -0.371 e. The van der Waals surface area contributed by atoms with Gasteiger partial charge < -0.3 is 24.8 Å². The predicted octanol–water partition coefficient (Wildman–Crippen LogP) is 2.43. The second-order valence-corrected chi connectivity index (χ2v) is 10.4. The molecule has 1 N–H and O–H groups in total. The van der Waals surface area contributed by atoms with E-state index in [9.17, 15) is 14.4 Å². The van der Waals surface area contributed by atoms with Crippen LogP contribution in [0.4, 0.5) is 5.69 Å². The van der Waals surface area contributed by atoms with Crippen molar-refractivity contribution in [3.63, 3.8) is 0 Å². The van der Waals surface area contributed by atoms with Crippen LogP contribution < -0.4 is 10.2 Å². The van der Waals surface area contributed by atoms with Gasteiger partial charge in [0, 0.05) is 63.5 Å². The highest BCUT2D eigenvalue weighted by Crippen LogP contribution is 2.28. The third-order valence-corrected chi connectivity index (χ3v) is 8.13. The van der Waals surface area contributed by atoms with E-state index in [1.54, 1.807) is 0 Å². The van der Waals surface area contributed by atoms with Gasteiger partial charge in [-0.3, -0.25) is 14.4 Å². The van der Waals surface area contributed by atoms with Gasteiger partial charge in [-0.05, 0) is 50.7 Å². The number of piperidine rings is 1. The van der Waals surface area contributed by atoms with Crippen molar-refractivity contribution in [1.82, 2.24) is 15.1 Å². The average molecular weight is 483 g/mol. The van der Waals surface area contributed by atoms with Crippen LogP contribution in [0, 0.1) is 5.92 Å². The van der Waals surface area contributed by atoms with Gasteiger partial charge in [-0.25, -0.2) is 0 Å². The van der Waals surface area contributed by atoms with Gasteiger partial charge in [-0.2, -0.15) is 0 Å². The normalized spacial score (nSPS) is 24.1. The minimum atomic E-state index is -0.302. The van der Waals surface area contributed by atoms with E-state index in [1.165, 1.54) is 12.8 Å². The smallest absolute Gasteiger partial charge is 0.256 e. The van der Waals surface area contributed by atoms with Crippen molar-refractivity contribution in [3.05, 3.63) is 29.8 Å². The van der Waals surface area contributed by atoms with Crippen LogP contribution in [0.2, 0.25) is 0 Å². The molecule has 3 saturated heterocycles. The molecule has 3 amide bonds. The molecule has 8 nitrogen and oxygen atoms in total. The summed E-state index contributed by atoms with van der Waals surface area (Å²) in [6.07, 6.45) is 7.61. The van der Waals surface area contributed by atoms with Crippen molar-refractivity contribution < 1.29 is 19.1 Å². The standard InChI is InChI=1S/C27H38N4O4/c32-25(20-6-1-2-7-20)28-21-11-13-29(14-12-21)23-9-4-3-8-22(23)26(33)30-15-17-31(18-16-30)27(34)24-10-5-19-35-24/h3-4,8-9,20-21,24H,1-2,5-7,10-19H2,(H,28,32)/t24-/m1/s1. The molecule has 35 heavy (non-hydrogen) atoms. The highest BCUT2D eigenvalue weighted by Gasteiger charge is 2.33. The van der Waals surface area contributed by atoms with Crippen LogP contribution in [0.5, 0.6) is 0 Å². The molecular formula is C27H38N4O4. The van der Waals surface area contributed by atoms with Crippen LogP contribution in [0.1, 0.15) is 61.7 Å².